The Labute approximate surface area is 211 Å². The highest BCUT2D eigenvalue weighted by atomic mass is 35.5. The molecule has 1 fully saturated rings. The van der Waals surface area contributed by atoms with Crippen LogP contribution < -0.4 is 14.8 Å². The molecule has 1 spiro atoms. The Morgan fingerprint density at radius 2 is 2.00 bits per heavy atom. The molecule has 2 aliphatic heterocycles. The number of nitrogens with one attached hydrogen (secondary N) is 1. The van der Waals surface area contributed by atoms with Crippen molar-refractivity contribution in [2.24, 2.45) is 0 Å². The van der Waals surface area contributed by atoms with Crippen molar-refractivity contribution in [2.45, 2.75) is 24.1 Å². The van der Waals surface area contributed by atoms with E-state index in [0.29, 0.717) is 22.4 Å². The molecule has 10 heteroatoms. The Morgan fingerprint density at radius 3 is 2.72 bits per heavy atom. The van der Waals surface area contributed by atoms with E-state index in [4.69, 9.17) is 21.1 Å². The van der Waals surface area contributed by atoms with Gasteiger partial charge in [0.15, 0.2) is 17.0 Å². The lowest BCUT2D eigenvalue weighted by molar-refractivity contribution is -0.534. The molecule has 2 heterocycles. The summed E-state index contributed by atoms with van der Waals surface area (Å²) in [6.45, 7) is 0.299. The van der Waals surface area contributed by atoms with E-state index < -0.39 is 23.4 Å². The van der Waals surface area contributed by atoms with Crippen molar-refractivity contribution in [1.29, 1.82) is 0 Å². The summed E-state index contributed by atoms with van der Waals surface area (Å²) >= 11 is 6.57. The molecule has 186 valence electrons. The number of nitro groups is 1. The van der Waals surface area contributed by atoms with Crippen LogP contribution in [0.3, 0.4) is 0 Å². The predicted molar refractivity (Wildman–Crippen MR) is 132 cm³/mol. The fourth-order valence-electron chi connectivity index (χ4n) is 5.46. The number of anilines is 1. The number of carbonyl (C=O) groups is 1. The maximum atomic E-state index is 13.5. The molecule has 36 heavy (non-hydrogen) atoms. The molecule has 8 nitrogen and oxygen atoms in total. The van der Waals surface area contributed by atoms with Gasteiger partial charge >= 0.3 is 0 Å². The minimum absolute atomic E-state index is 0.0525. The van der Waals surface area contributed by atoms with Crippen molar-refractivity contribution >= 4 is 23.2 Å². The van der Waals surface area contributed by atoms with Crippen molar-refractivity contribution < 1.29 is 23.6 Å². The molecule has 0 saturated carbocycles. The molecular formula is C26H23ClFN3O5. The number of likely N-dealkylation sites (tertiary alicyclic amines) is 1. The number of rotatable bonds is 6. The van der Waals surface area contributed by atoms with Gasteiger partial charge in [0.25, 0.3) is 11.9 Å². The largest absolute Gasteiger partial charge is 0.493 e. The van der Waals surface area contributed by atoms with Crippen LogP contribution in [0.5, 0.6) is 11.5 Å². The third-order valence-electron chi connectivity index (χ3n) is 6.99. The average Bonchev–Trinajstić information content (AvgIpc) is 3.32. The molecule has 2 aliphatic rings. The van der Waals surface area contributed by atoms with Gasteiger partial charge in [0.05, 0.1) is 18.1 Å². The maximum absolute atomic E-state index is 13.5. The van der Waals surface area contributed by atoms with Crippen LogP contribution in [0.25, 0.3) is 0 Å². The molecule has 3 aromatic rings. The number of fused-ring (bicyclic) bond motifs is 2. The van der Waals surface area contributed by atoms with Crippen molar-refractivity contribution in [2.75, 3.05) is 26.0 Å². The standard InChI is InChI=1S/C26H23ClFN3O5/c1-30-13-18(24(31(33)34)26(30)19-8-3-4-9-21(19)29-25(26)32)16-11-20(27)23(22(12-16)35-2)36-14-15-6-5-7-17(28)10-15/h3-12,18,24H,13-14H2,1-2H3,(H,29,32)/t18-,24-,26-/m0/s1. The summed E-state index contributed by atoms with van der Waals surface area (Å²) in [5, 5.41) is 15.5. The van der Waals surface area contributed by atoms with Gasteiger partial charge in [-0.25, -0.2) is 4.39 Å². The zero-order valence-electron chi connectivity index (χ0n) is 19.5. The molecular weight excluding hydrogens is 489 g/mol. The molecule has 0 aromatic heterocycles. The average molecular weight is 512 g/mol. The van der Waals surface area contributed by atoms with Crippen LogP contribution in [0.4, 0.5) is 10.1 Å². The Bertz CT molecular complexity index is 1370. The zero-order valence-corrected chi connectivity index (χ0v) is 20.3. The van der Waals surface area contributed by atoms with Crippen molar-refractivity contribution in [1.82, 2.24) is 4.90 Å². The van der Waals surface area contributed by atoms with E-state index >= 15 is 0 Å². The number of carbonyl (C=O) groups excluding carboxylic acids is 1. The second kappa shape index (κ2) is 9.07. The second-order valence-corrected chi connectivity index (χ2v) is 9.34. The fraction of sp³-hybridized carbons (Fsp3) is 0.269. The minimum Gasteiger partial charge on any atom is -0.493 e. The van der Waals surface area contributed by atoms with Crippen LogP contribution in [0.1, 0.15) is 22.6 Å². The number of benzene rings is 3. The van der Waals surface area contributed by atoms with Gasteiger partial charge in [-0.05, 0) is 48.5 Å². The molecule has 0 aliphatic carbocycles. The van der Waals surface area contributed by atoms with E-state index in [-0.39, 0.29) is 40.4 Å². The molecule has 1 N–H and O–H groups in total. The number of amides is 1. The monoisotopic (exact) mass is 511 g/mol. The van der Waals surface area contributed by atoms with Gasteiger partial charge in [0.2, 0.25) is 0 Å². The number of halogens is 2. The zero-order chi connectivity index (χ0) is 25.6. The lowest BCUT2D eigenvalue weighted by Gasteiger charge is -2.30. The summed E-state index contributed by atoms with van der Waals surface area (Å²) in [7, 11) is 3.16. The van der Waals surface area contributed by atoms with E-state index in [1.807, 2.05) is 0 Å². The van der Waals surface area contributed by atoms with Crippen LogP contribution in [-0.2, 0) is 16.9 Å². The number of para-hydroxylation sites is 1. The Kier molecular flexibility index (Phi) is 6.05. The summed E-state index contributed by atoms with van der Waals surface area (Å²) < 4.78 is 24.9. The highest BCUT2D eigenvalue weighted by molar-refractivity contribution is 6.32. The Balaban J connectivity index is 1.53. The first-order valence-electron chi connectivity index (χ1n) is 11.3. The summed E-state index contributed by atoms with van der Waals surface area (Å²) in [6, 6.07) is 15.0. The van der Waals surface area contributed by atoms with Gasteiger partial charge in [-0.1, -0.05) is 41.9 Å². The predicted octanol–water partition coefficient (Wildman–Crippen LogP) is 4.59. The van der Waals surface area contributed by atoms with Gasteiger partial charge in [0.1, 0.15) is 12.4 Å². The van der Waals surface area contributed by atoms with Crippen LogP contribution >= 0.6 is 11.6 Å². The molecule has 0 radical (unpaired) electrons. The van der Waals surface area contributed by atoms with E-state index in [0.717, 1.165) is 0 Å². The number of hydrogen-bond acceptors (Lipinski definition) is 6. The third kappa shape index (κ3) is 3.66. The molecule has 1 amide bonds. The third-order valence-corrected chi connectivity index (χ3v) is 7.27. The Hall–Kier alpha value is -3.69. The number of hydrogen-bond donors (Lipinski definition) is 1. The minimum atomic E-state index is -1.46. The topological polar surface area (TPSA) is 93.9 Å². The highest BCUT2D eigenvalue weighted by Crippen LogP contribution is 2.53. The lowest BCUT2D eigenvalue weighted by atomic mass is 9.79. The molecule has 3 aromatic carbocycles. The van der Waals surface area contributed by atoms with Gasteiger partial charge in [0, 0.05) is 22.7 Å². The first kappa shape index (κ1) is 24.0. The SMILES string of the molecule is COc1cc([C@@H]2CN(C)[C@]3(C(=O)Nc4ccccc43)[C@H]2[N+](=O)[O-])cc(Cl)c1OCc1cccc(F)c1. The molecule has 5 rings (SSSR count). The summed E-state index contributed by atoms with van der Waals surface area (Å²) in [6.07, 6.45) is 0. The number of likely N-dealkylation sites (N-methyl/N-ethyl adjacent to an activating group) is 1. The molecule has 0 unspecified atom stereocenters. The first-order valence-corrected chi connectivity index (χ1v) is 11.7. The summed E-state index contributed by atoms with van der Waals surface area (Å²) in [5.74, 6) is -0.938. The molecule has 1 saturated heterocycles. The molecule has 0 bridgehead atoms. The second-order valence-electron chi connectivity index (χ2n) is 8.94. The maximum Gasteiger partial charge on any atom is 0.256 e. The normalized spacial score (nSPS) is 22.9. The molecule has 3 atom stereocenters. The van der Waals surface area contributed by atoms with Crippen LogP contribution in [0.15, 0.2) is 60.7 Å². The summed E-state index contributed by atoms with van der Waals surface area (Å²) in [5.41, 5.74) is 0.846. The van der Waals surface area contributed by atoms with Gasteiger partial charge in [-0.15, -0.1) is 0 Å². The number of nitrogens with zero attached hydrogens (tertiary/aromatic N) is 2. The smallest absolute Gasteiger partial charge is 0.256 e. The van der Waals surface area contributed by atoms with E-state index in [1.54, 1.807) is 60.5 Å². The van der Waals surface area contributed by atoms with E-state index in [2.05, 4.69) is 5.32 Å². The van der Waals surface area contributed by atoms with Crippen molar-refractivity contribution in [3.8, 4) is 11.5 Å². The first-order chi connectivity index (χ1) is 17.3. The van der Waals surface area contributed by atoms with Gasteiger partial charge < -0.3 is 14.8 Å². The van der Waals surface area contributed by atoms with Crippen LogP contribution in [0.2, 0.25) is 5.02 Å². The number of methoxy groups -OCH3 is 1. The van der Waals surface area contributed by atoms with Crippen LogP contribution in [-0.4, -0.2) is 42.5 Å². The summed E-state index contributed by atoms with van der Waals surface area (Å²) in [4.78, 5) is 27.2. The van der Waals surface area contributed by atoms with Gasteiger partial charge in [-0.3, -0.25) is 19.8 Å². The number of ether oxygens (including phenoxy) is 2. The quantitative estimate of drug-likeness (QED) is 0.384. The highest BCUT2D eigenvalue weighted by Gasteiger charge is 2.68. The lowest BCUT2D eigenvalue weighted by Crippen LogP contribution is -2.54. The van der Waals surface area contributed by atoms with Gasteiger partial charge in [-0.2, -0.15) is 0 Å². The van der Waals surface area contributed by atoms with E-state index in [9.17, 15) is 19.3 Å². The van der Waals surface area contributed by atoms with E-state index in [1.165, 1.54) is 19.2 Å². The Morgan fingerprint density at radius 1 is 1.22 bits per heavy atom. The fourth-order valence-corrected chi connectivity index (χ4v) is 5.73. The van der Waals surface area contributed by atoms with Crippen molar-refractivity contribution in [3.05, 3.63) is 98.3 Å². The van der Waals surface area contributed by atoms with Crippen molar-refractivity contribution in [3.63, 3.8) is 0 Å². The van der Waals surface area contributed by atoms with Crippen LogP contribution in [0, 0.1) is 15.9 Å².